The summed E-state index contributed by atoms with van der Waals surface area (Å²) in [4.78, 5) is 12.0. The van der Waals surface area contributed by atoms with Crippen LogP contribution in [0.1, 0.15) is 5.56 Å². The molecule has 1 N–H and O–H groups in total. The summed E-state index contributed by atoms with van der Waals surface area (Å²) in [6.07, 6.45) is 3.33. The summed E-state index contributed by atoms with van der Waals surface area (Å²) in [6.45, 7) is 1.90. The van der Waals surface area contributed by atoms with E-state index >= 15 is 0 Å². The number of nitrogens with zero attached hydrogens (tertiary/aromatic N) is 3. The SMILES string of the molecule is Cc1ccc(S(=O)(=O)n2ccc3c(-c4c[nH]c5ccccc45)nc(Cl)nc32)cc1. The maximum atomic E-state index is 13.2. The molecular formula is C21H15ClN4O2S. The van der Waals surface area contributed by atoms with Gasteiger partial charge in [0.15, 0.2) is 5.65 Å². The van der Waals surface area contributed by atoms with Crippen molar-refractivity contribution in [1.29, 1.82) is 0 Å². The first kappa shape index (κ1) is 17.9. The summed E-state index contributed by atoms with van der Waals surface area (Å²) in [5, 5.41) is 1.56. The first-order valence-electron chi connectivity index (χ1n) is 8.88. The first-order valence-corrected chi connectivity index (χ1v) is 10.7. The quantitative estimate of drug-likeness (QED) is 0.424. The van der Waals surface area contributed by atoms with Gasteiger partial charge in [0.1, 0.15) is 0 Å². The summed E-state index contributed by atoms with van der Waals surface area (Å²) in [7, 11) is -3.82. The molecule has 8 heteroatoms. The van der Waals surface area contributed by atoms with Crippen LogP contribution in [-0.4, -0.2) is 27.3 Å². The van der Waals surface area contributed by atoms with Crippen molar-refractivity contribution in [2.75, 3.05) is 0 Å². The first-order chi connectivity index (χ1) is 13.9. The molecule has 3 aromatic heterocycles. The van der Waals surface area contributed by atoms with E-state index in [0.29, 0.717) is 11.1 Å². The van der Waals surface area contributed by atoms with Crippen molar-refractivity contribution in [2.24, 2.45) is 0 Å². The second kappa shape index (κ2) is 6.43. The molecule has 144 valence electrons. The highest BCUT2D eigenvalue weighted by molar-refractivity contribution is 7.90. The molecule has 29 heavy (non-hydrogen) atoms. The Bertz CT molecular complexity index is 1480. The number of hydrogen-bond donors (Lipinski definition) is 1. The molecule has 0 aliphatic carbocycles. The van der Waals surface area contributed by atoms with Gasteiger partial charge in [-0.05, 0) is 42.8 Å². The second-order valence-corrected chi connectivity index (χ2v) is 8.91. The Morgan fingerprint density at radius 2 is 1.72 bits per heavy atom. The van der Waals surface area contributed by atoms with Crippen molar-refractivity contribution in [3.05, 3.63) is 77.8 Å². The van der Waals surface area contributed by atoms with Gasteiger partial charge in [-0.2, -0.15) is 4.98 Å². The monoisotopic (exact) mass is 422 g/mol. The zero-order valence-corrected chi connectivity index (χ0v) is 16.9. The molecule has 0 unspecified atom stereocenters. The highest BCUT2D eigenvalue weighted by Crippen LogP contribution is 2.34. The van der Waals surface area contributed by atoms with E-state index in [1.807, 2.05) is 37.4 Å². The number of fused-ring (bicyclic) bond motifs is 2. The molecule has 2 aromatic carbocycles. The summed E-state index contributed by atoms with van der Waals surface area (Å²) in [5.74, 6) is 0. The maximum absolute atomic E-state index is 13.2. The van der Waals surface area contributed by atoms with E-state index in [1.54, 1.807) is 30.3 Å². The molecule has 6 nitrogen and oxygen atoms in total. The number of aryl methyl sites for hydroxylation is 1. The molecule has 0 amide bonds. The van der Waals surface area contributed by atoms with Crippen LogP contribution < -0.4 is 0 Å². The molecule has 0 aliphatic rings. The number of aromatic amines is 1. The minimum absolute atomic E-state index is 0.0168. The maximum Gasteiger partial charge on any atom is 0.269 e. The molecule has 0 saturated carbocycles. The Morgan fingerprint density at radius 3 is 2.52 bits per heavy atom. The predicted molar refractivity (Wildman–Crippen MR) is 114 cm³/mol. The van der Waals surface area contributed by atoms with Gasteiger partial charge in [0, 0.05) is 34.2 Å². The van der Waals surface area contributed by atoms with Crippen molar-refractivity contribution in [3.8, 4) is 11.3 Å². The molecule has 5 aromatic rings. The summed E-state index contributed by atoms with van der Waals surface area (Å²) < 4.78 is 27.5. The molecule has 0 radical (unpaired) electrons. The van der Waals surface area contributed by atoms with Crippen LogP contribution in [0.5, 0.6) is 0 Å². The number of hydrogen-bond acceptors (Lipinski definition) is 4. The van der Waals surface area contributed by atoms with Crippen LogP contribution >= 0.6 is 11.6 Å². The number of benzene rings is 2. The standard InChI is InChI=1S/C21H15ClN4O2S/c1-13-6-8-14(9-7-13)29(27,28)26-11-10-16-19(24-21(22)25-20(16)26)17-12-23-18-5-3-2-4-15(17)18/h2-12,23H,1H3. The smallest absolute Gasteiger partial charge is 0.269 e. The highest BCUT2D eigenvalue weighted by atomic mass is 35.5. The molecule has 0 spiro atoms. The van der Waals surface area contributed by atoms with Gasteiger partial charge in [-0.1, -0.05) is 35.9 Å². The molecule has 0 atom stereocenters. The van der Waals surface area contributed by atoms with Gasteiger partial charge in [-0.25, -0.2) is 17.4 Å². The molecule has 0 bridgehead atoms. The lowest BCUT2D eigenvalue weighted by molar-refractivity contribution is 0.588. The van der Waals surface area contributed by atoms with Crippen molar-refractivity contribution in [3.63, 3.8) is 0 Å². The van der Waals surface area contributed by atoms with Crippen LogP contribution in [0.2, 0.25) is 5.28 Å². The summed E-state index contributed by atoms with van der Waals surface area (Å²) >= 11 is 6.20. The number of nitrogens with one attached hydrogen (secondary N) is 1. The normalized spacial score (nSPS) is 12.1. The van der Waals surface area contributed by atoms with E-state index in [9.17, 15) is 8.42 Å². The van der Waals surface area contributed by atoms with E-state index in [1.165, 1.54) is 6.20 Å². The number of H-pyrrole nitrogens is 1. The van der Waals surface area contributed by atoms with E-state index < -0.39 is 10.0 Å². The number of halogens is 1. The molecule has 3 heterocycles. The molecule has 0 fully saturated rings. The number of aromatic nitrogens is 4. The van der Waals surface area contributed by atoms with Crippen LogP contribution in [-0.2, 0) is 10.0 Å². The van der Waals surface area contributed by atoms with Crippen molar-refractivity contribution >= 4 is 43.6 Å². The lowest BCUT2D eigenvalue weighted by Crippen LogP contribution is -2.12. The molecule has 5 rings (SSSR count). The van der Waals surface area contributed by atoms with Crippen LogP contribution in [0.4, 0.5) is 0 Å². The van der Waals surface area contributed by atoms with Crippen LogP contribution in [0.15, 0.2) is 71.9 Å². The van der Waals surface area contributed by atoms with Gasteiger partial charge in [0.2, 0.25) is 5.28 Å². The zero-order chi connectivity index (χ0) is 20.2. The fraction of sp³-hybridized carbons (Fsp3) is 0.0476. The van der Waals surface area contributed by atoms with Gasteiger partial charge in [-0.3, -0.25) is 0 Å². The lowest BCUT2D eigenvalue weighted by atomic mass is 10.1. The molecule has 0 saturated heterocycles. The van der Waals surface area contributed by atoms with Gasteiger partial charge < -0.3 is 4.98 Å². The minimum Gasteiger partial charge on any atom is -0.360 e. The van der Waals surface area contributed by atoms with E-state index in [0.717, 1.165) is 26.0 Å². The van der Waals surface area contributed by atoms with E-state index in [2.05, 4.69) is 15.0 Å². The van der Waals surface area contributed by atoms with E-state index in [-0.39, 0.29) is 15.8 Å². The third-order valence-corrected chi connectivity index (χ3v) is 6.76. The Kier molecular flexibility index (Phi) is 3.97. The van der Waals surface area contributed by atoms with Gasteiger partial charge in [-0.15, -0.1) is 0 Å². The second-order valence-electron chi connectivity index (χ2n) is 6.76. The zero-order valence-electron chi connectivity index (χ0n) is 15.3. The van der Waals surface area contributed by atoms with Crippen LogP contribution in [0.3, 0.4) is 0 Å². The van der Waals surface area contributed by atoms with Gasteiger partial charge in [0.05, 0.1) is 10.6 Å². The summed E-state index contributed by atoms with van der Waals surface area (Å²) in [6, 6.07) is 16.2. The Labute approximate surface area is 171 Å². The Hall–Kier alpha value is -3.16. The van der Waals surface area contributed by atoms with Crippen LogP contribution in [0, 0.1) is 6.92 Å². The number of para-hydroxylation sites is 1. The fourth-order valence-electron chi connectivity index (χ4n) is 3.46. The predicted octanol–water partition coefficient (Wildman–Crippen LogP) is 4.78. The number of rotatable bonds is 3. The molecule has 0 aliphatic heterocycles. The third kappa shape index (κ3) is 2.82. The van der Waals surface area contributed by atoms with Gasteiger partial charge in [0.25, 0.3) is 10.0 Å². The topological polar surface area (TPSA) is 80.6 Å². The van der Waals surface area contributed by atoms with Crippen molar-refractivity contribution in [1.82, 2.24) is 18.9 Å². The Morgan fingerprint density at radius 1 is 0.966 bits per heavy atom. The molecular weight excluding hydrogens is 408 g/mol. The van der Waals surface area contributed by atoms with Gasteiger partial charge >= 0.3 is 0 Å². The average molecular weight is 423 g/mol. The third-order valence-electron chi connectivity index (χ3n) is 4.91. The van der Waals surface area contributed by atoms with Crippen LogP contribution in [0.25, 0.3) is 33.2 Å². The minimum atomic E-state index is -3.82. The summed E-state index contributed by atoms with van der Waals surface area (Å²) in [5.41, 5.74) is 3.59. The van der Waals surface area contributed by atoms with Crippen molar-refractivity contribution < 1.29 is 8.42 Å². The fourth-order valence-corrected chi connectivity index (χ4v) is 4.92. The lowest BCUT2D eigenvalue weighted by Gasteiger charge is -2.08. The highest BCUT2D eigenvalue weighted by Gasteiger charge is 2.23. The average Bonchev–Trinajstić information content (AvgIpc) is 3.32. The van der Waals surface area contributed by atoms with Crippen molar-refractivity contribution in [2.45, 2.75) is 11.8 Å². The Balaban J connectivity index is 1.76. The largest absolute Gasteiger partial charge is 0.360 e. The van der Waals surface area contributed by atoms with E-state index in [4.69, 9.17) is 11.6 Å².